The van der Waals surface area contributed by atoms with E-state index >= 15 is 0 Å². The van der Waals surface area contributed by atoms with E-state index in [4.69, 9.17) is 21.7 Å². The Morgan fingerprint density at radius 3 is 2.64 bits per heavy atom. The molecule has 2 aliphatic heterocycles. The molecular formula is C23H26N4O5S. The molecule has 0 saturated carbocycles. The van der Waals surface area contributed by atoms with Gasteiger partial charge in [-0.25, -0.2) is 4.79 Å². The summed E-state index contributed by atoms with van der Waals surface area (Å²) >= 11 is 5.56. The third kappa shape index (κ3) is 5.16. The lowest BCUT2D eigenvalue weighted by Crippen LogP contribution is -2.51. The number of piperidine rings is 1. The van der Waals surface area contributed by atoms with Gasteiger partial charge in [0.05, 0.1) is 25.1 Å². The van der Waals surface area contributed by atoms with Crippen molar-refractivity contribution in [2.45, 2.75) is 31.5 Å². The Kier molecular flexibility index (Phi) is 6.64. The molecule has 33 heavy (non-hydrogen) atoms. The highest BCUT2D eigenvalue weighted by Crippen LogP contribution is 2.35. The molecule has 0 bridgehead atoms. The first-order valence-corrected chi connectivity index (χ1v) is 11.2. The zero-order chi connectivity index (χ0) is 23.4. The number of hydrogen-bond acceptors (Lipinski definition) is 6. The fraction of sp³-hybridized carbons (Fsp3) is 0.391. The number of nitro benzene ring substituents is 1. The molecule has 0 atom stereocenters. The lowest BCUT2D eigenvalue weighted by molar-refractivity contribution is -0.384. The summed E-state index contributed by atoms with van der Waals surface area (Å²) in [7, 11) is 1.50. The first kappa shape index (κ1) is 22.8. The van der Waals surface area contributed by atoms with Crippen molar-refractivity contribution in [3.05, 3.63) is 69.8 Å². The minimum absolute atomic E-state index is 0.0436. The van der Waals surface area contributed by atoms with Crippen LogP contribution in [0, 0.1) is 10.1 Å². The summed E-state index contributed by atoms with van der Waals surface area (Å²) in [5, 5.41) is 15.1. The van der Waals surface area contributed by atoms with E-state index in [1.165, 1.54) is 19.2 Å². The normalized spacial score (nSPS) is 17.1. The van der Waals surface area contributed by atoms with Crippen molar-refractivity contribution in [1.82, 2.24) is 15.1 Å². The quantitative estimate of drug-likeness (QED) is 0.389. The van der Waals surface area contributed by atoms with Crippen LogP contribution in [0.4, 0.5) is 10.5 Å². The number of amides is 1. The maximum Gasteiger partial charge on any atom is 0.410 e. The van der Waals surface area contributed by atoms with Crippen LogP contribution in [-0.4, -0.2) is 58.3 Å². The Morgan fingerprint density at radius 1 is 1.24 bits per heavy atom. The third-order valence-corrected chi connectivity index (χ3v) is 6.53. The lowest BCUT2D eigenvalue weighted by Gasteiger charge is -2.38. The third-order valence-electron chi connectivity index (χ3n) is 6.13. The van der Waals surface area contributed by atoms with Gasteiger partial charge in [0.25, 0.3) is 5.69 Å². The predicted octanol–water partition coefficient (Wildman–Crippen LogP) is 3.46. The fourth-order valence-corrected chi connectivity index (χ4v) is 4.54. The summed E-state index contributed by atoms with van der Waals surface area (Å²) in [5.74, 6) is 0.499. The number of hydrogen-bond donors (Lipinski definition) is 1. The van der Waals surface area contributed by atoms with Crippen molar-refractivity contribution in [2.75, 3.05) is 26.7 Å². The zero-order valence-electron chi connectivity index (χ0n) is 18.4. The summed E-state index contributed by atoms with van der Waals surface area (Å²) < 4.78 is 11.1. The van der Waals surface area contributed by atoms with Crippen molar-refractivity contribution in [2.24, 2.45) is 0 Å². The standard InChI is InChI=1S/C23H26N4O5S/c1-31-20-8-7-19(27(29)30)13-18(20)15-26-16-23(32-22(26)28)9-11-25(12-10-23)21(33)24-14-17-5-3-2-4-6-17/h2-8,13H,9-12,14-16H2,1H3,(H,24,33). The van der Waals surface area contributed by atoms with Gasteiger partial charge in [0, 0.05) is 50.2 Å². The van der Waals surface area contributed by atoms with Crippen molar-refractivity contribution in [1.29, 1.82) is 0 Å². The summed E-state index contributed by atoms with van der Waals surface area (Å²) in [6.45, 7) is 2.64. The second kappa shape index (κ2) is 9.62. The molecule has 2 saturated heterocycles. The van der Waals surface area contributed by atoms with E-state index in [1.807, 2.05) is 30.3 Å². The molecule has 2 heterocycles. The van der Waals surface area contributed by atoms with Crippen LogP contribution in [-0.2, 0) is 17.8 Å². The van der Waals surface area contributed by atoms with Crippen LogP contribution in [0.2, 0.25) is 0 Å². The Balaban J connectivity index is 1.34. The average Bonchev–Trinajstić information content (AvgIpc) is 3.12. The van der Waals surface area contributed by atoms with Crippen LogP contribution in [0.5, 0.6) is 5.75 Å². The molecule has 9 nitrogen and oxygen atoms in total. The molecule has 0 aromatic heterocycles. The van der Waals surface area contributed by atoms with E-state index < -0.39 is 16.6 Å². The number of non-ortho nitro benzene ring substituents is 1. The number of nitrogens with one attached hydrogen (secondary N) is 1. The van der Waals surface area contributed by atoms with Crippen LogP contribution in [0.3, 0.4) is 0 Å². The van der Waals surface area contributed by atoms with Crippen LogP contribution < -0.4 is 10.1 Å². The number of carbonyl (C=O) groups is 1. The first-order valence-electron chi connectivity index (χ1n) is 10.7. The molecule has 1 amide bonds. The highest BCUT2D eigenvalue weighted by molar-refractivity contribution is 7.80. The first-order chi connectivity index (χ1) is 15.9. The summed E-state index contributed by atoms with van der Waals surface area (Å²) in [6.07, 6.45) is 0.907. The number of nitrogens with zero attached hydrogens (tertiary/aromatic N) is 3. The average molecular weight is 471 g/mol. The second-order valence-corrected chi connectivity index (χ2v) is 8.68. The molecule has 2 aromatic rings. The molecule has 10 heteroatoms. The number of carbonyl (C=O) groups excluding carboxylic acids is 1. The Hall–Kier alpha value is -3.40. The number of nitro groups is 1. The zero-order valence-corrected chi connectivity index (χ0v) is 19.2. The molecule has 0 unspecified atom stereocenters. The van der Waals surface area contributed by atoms with Crippen LogP contribution in [0.25, 0.3) is 0 Å². The molecular weight excluding hydrogens is 444 g/mol. The number of rotatable bonds is 6. The van der Waals surface area contributed by atoms with Crippen LogP contribution in [0.15, 0.2) is 48.5 Å². The molecule has 174 valence electrons. The van der Waals surface area contributed by atoms with E-state index in [0.29, 0.717) is 55.4 Å². The predicted molar refractivity (Wildman–Crippen MR) is 126 cm³/mol. The topological polar surface area (TPSA) is 97.2 Å². The molecule has 2 aliphatic rings. The SMILES string of the molecule is COc1ccc([N+](=O)[O-])cc1CN1CC2(CCN(C(=S)NCc3ccccc3)CC2)OC1=O. The molecule has 0 radical (unpaired) electrons. The maximum absolute atomic E-state index is 12.6. The molecule has 2 fully saturated rings. The van der Waals surface area contributed by atoms with Crippen LogP contribution >= 0.6 is 12.2 Å². The van der Waals surface area contributed by atoms with E-state index in [2.05, 4.69) is 10.2 Å². The van der Waals surface area contributed by atoms with E-state index in [0.717, 1.165) is 5.56 Å². The van der Waals surface area contributed by atoms with Gasteiger partial charge >= 0.3 is 6.09 Å². The van der Waals surface area contributed by atoms with Gasteiger partial charge in [-0.05, 0) is 23.8 Å². The van der Waals surface area contributed by atoms with Gasteiger partial charge in [0.15, 0.2) is 5.11 Å². The van der Waals surface area contributed by atoms with Crippen LogP contribution in [0.1, 0.15) is 24.0 Å². The van der Waals surface area contributed by atoms with Crippen molar-refractivity contribution < 1.29 is 19.2 Å². The molecule has 0 aliphatic carbocycles. The minimum atomic E-state index is -0.573. The summed E-state index contributed by atoms with van der Waals surface area (Å²) in [5.41, 5.74) is 1.11. The largest absolute Gasteiger partial charge is 0.496 e. The number of ether oxygens (including phenoxy) is 2. The highest BCUT2D eigenvalue weighted by atomic mass is 32.1. The molecule has 4 rings (SSSR count). The Morgan fingerprint density at radius 2 is 1.97 bits per heavy atom. The highest BCUT2D eigenvalue weighted by Gasteiger charge is 2.47. The fourth-order valence-electron chi connectivity index (χ4n) is 4.29. The van der Waals surface area contributed by atoms with Crippen molar-refractivity contribution >= 4 is 29.1 Å². The lowest BCUT2D eigenvalue weighted by atomic mass is 9.91. The smallest absolute Gasteiger partial charge is 0.410 e. The van der Waals surface area contributed by atoms with Gasteiger partial charge in [0.2, 0.25) is 0 Å². The van der Waals surface area contributed by atoms with E-state index in [-0.39, 0.29) is 12.2 Å². The summed E-state index contributed by atoms with van der Waals surface area (Å²) in [4.78, 5) is 27.0. The van der Waals surface area contributed by atoms with Gasteiger partial charge in [-0.15, -0.1) is 0 Å². The number of methoxy groups -OCH3 is 1. The minimum Gasteiger partial charge on any atom is -0.496 e. The number of benzene rings is 2. The van der Waals surface area contributed by atoms with Gasteiger partial charge in [-0.2, -0.15) is 0 Å². The van der Waals surface area contributed by atoms with Gasteiger partial charge in [-0.3, -0.25) is 15.0 Å². The Bertz CT molecular complexity index is 1040. The number of likely N-dealkylation sites (tertiary alicyclic amines) is 1. The van der Waals surface area contributed by atoms with Crippen molar-refractivity contribution in [3.63, 3.8) is 0 Å². The maximum atomic E-state index is 12.6. The second-order valence-electron chi connectivity index (χ2n) is 8.29. The molecule has 2 aromatic carbocycles. The van der Waals surface area contributed by atoms with E-state index in [1.54, 1.807) is 11.0 Å². The monoisotopic (exact) mass is 470 g/mol. The van der Waals surface area contributed by atoms with Crippen molar-refractivity contribution in [3.8, 4) is 5.75 Å². The molecule has 1 N–H and O–H groups in total. The van der Waals surface area contributed by atoms with Gasteiger partial charge < -0.3 is 19.7 Å². The molecule has 1 spiro atoms. The van der Waals surface area contributed by atoms with Gasteiger partial charge in [-0.1, -0.05) is 30.3 Å². The van der Waals surface area contributed by atoms with Gasteiger partial charge in [0.1, 0.15) is 11.4 Å². The Labute approximate surface area is 197 Å². The van der Waals surface area contributed by atoms with E-state index in [9.17, 15) is 14.9 Å². The number of thiocarbonyl (C=S) groups is 1. The summed E-state index contributed by atoms with van der Waals surface area (Å²) in [6, 6.07) is 14.4.